The van der Waals surface area contributed by atoms with Gasteiger partial charge in [0.05, 0.1) is 12.7 Å². The van der Waals surface area contributed by atoms with E-state index in [1.807, 2.05) is 18.7 Å². The van der Waals surface area contributed by atoms with Crippen molar-refractivity contribution in [1.82, 2.24) is 4.90 Å². The van der Waals surface area contributed by atoms with Gasteiger partial charge < -0.3 is 14.4 Å². The van der Waals surface area contributed by atoms with E-state index < -0.39 is 0 Å². The van der Waals surface area contributed by atoms with Crippen molar-refractivity contribution >= 4 is 5.97 Å². The first kappa shape index (κ1) is 13.8. The fraction of sp³-hybridized carbons (Fsp3) is 0.615. The zero-order valence-corrected chi connectivity index (χ0v) is 11.0. The molecule has 4 nitrogen and oxygen atoms in total. The topological polar surface area (TPSA) is 38.8 Å². The van der Waals surface area contributed by atoms with Gasteiger partial charge in [-0.3, -0.25) is 0 Å². The minimum Gasteiger partial charge on any atom is -0.466 e. The van der Waals surface area contributed by atoms with Crippen LogP contribution in [-0.2, 0) is 14.3 Å². The Hall–Kier alpha value is -1.29. The summed E-state index contributed by atoms with van der Waals surface area (Å²) in [5.74, 6) is -0.105. The molecule has 0 amide bonds. The van der Waals surface area contributed by atoms with E-state index in [1.54, 1.807) is 13.2 Å². The summed E-state index contributed by atoms with van der Waals surface area (Å²) in [5.41, 5.74) is 1.66. The molecule has 0 saturated carbocycles. The Balaban J connectivity index is 3.11. The van der Waals surface area contributed by atoms with Crippen LogP contribution >= 0.6 is 0 Å². The Morgan fingerprint density at radius 1 is 1.59 bits per heavy atom. The van der Waals surface area contributed by atoms with Crippen LogP contribution in [0.5, 0.6) is 0 Å². The van der Waals surface area contributed by atoms with Gasteiger partial charge in [0.25, 0.3) is 0 Å². The monoisotopic (exact) mass is 239 g/mol. The minimum atomic E-state index is -0.251. The molecule has 0 fully saturated rings. The predicted octanol–water partition coefficient (Wildman–Crippen LogP) is 1.93. The van der Waals surface area contributed by atoms with Crippen molar-refractivity contribution in [2.45, 2.75) is 26.5 Å². The zero-order valence-electron chi connectivity index (χ0n) is 11.0. The summed E-state index contributed by atoms with van der Waals surface area (Å²) in [5, 5.41) is 0. The quantitative estimate of drug-likeness (QED) is 0.555. The van der Waals surface area contributed by atoms with E-state index in [4.69, 9.17) is 9.47 Å². The van der Waals surface area contributed by atoms with Crippen molar-refractivity contribution in [1.29, 1.82) is 0 Å². The van der Waals surface area contributed by atoms with Gasteiger partial charge in [-0.2, -0.15) is 0 Å². The molecule has 0 spiro atoms. The third kappa shape index (κ3) is 2.69. The number of rotatable bonds is 4. The molecule has 0 N–H and O–H groups in total. The third-order valence-corrected chi connectivity index (χ3v) is 3.22. The molecular formula is C13H21NO3. The van der Waals surface area contributed by atoms with Gasteiger partial charge in [-0.15, -0.1) is 6.58 Å². The average molecular weight is 239 g/mol. The number of methoxy groups -OCH3 is 2. The molecule has 0 aromatic rings. The lowest BCUT2D eigenvalue weighted by Crippen LogP contribution is -2.42. The number of esters is 1. The Labute approximate surface area is 103 Å². The van der Waals surface area contributed by atoms with E-state index in [9.17, 15) is 4.79 Å². The van der Waals surface area contributed by atoms with Gasteiger partial charge in [-0.05, 0) is 19.3 Å². The summed E-state index contributed by atoms with van der Waals surface area (Å²) in [6, 6.07) is 0. The molecule has 1 aliphatic rings. The average Bonchev–Trinajstić information content (AvgIpc) is 2.32. The van der Waals surface area contributed by atoms with Crippen molar-refractivity contribution < 1.29 is 14.3 Å². The summed E-state index contributed by atoms with van der Waals surface area (Å²) in [6.07, 6.45) is 2.59. The van der Waals surface area contributed by atoms with E-state index in [-0.39, 0.29) is 18.1 Å². The summed E-state index contributed by atoms with van der Waals surface area (Å²) >= 11 is 0. The Kier molecular flexibility index (Phi) is 4.75. The maximum absolute atomic E-state index is 11.8. The van der Waals surface area contributed by atoms with Gasteiger partial charge in [0, 0.05) is 19.4 Å². The van der Waals surface area contributed by atoms with Crippen molar-refractivity contribution in [3.05, 3.63) is 23.9 Å². The Morgan fingerprint density at radius 3 is 2.71 bits per heavy atom. The molecule has 0 saturated heterocycles. The number of hydrogen-bond acceptors (Lipinski definition) is 4. The third-order valence-electron chi connectivity index (χ3n) is 3.22. The van der Waals surface area contributed by atoms with E-state index in [0.717, 1.165) is 17.7 Å². The first-order chi connectivity index (χ1) is 8.06. The van der Waals surface area contributed by atoms with Gasteiger partial charge >= 0.3 is 5.97 Å². The highest BCUT2D eigenvalue weighted by atomic mass is 16.5. The molecule has 1 rings (SSSR count). The molecule has 0 radical (unpaired) electrons. The lowest BCUT2D eigenvalue weighted by molar-refractivity contribution is -0.137. The lowest BCUT2D eigenvalue weighted by atomic mass is 9.90. The van der Waals surface area contributed by atoms with Crippen molar-refractivity contribution in [3.8, 4) is 0 Å². The lowest BCUT2D eigenvalue weighted by Gasteiger charge is -2.39. The van der Waals surface area contributed by atoms with Crippen LogP contribution in [0, 0.1) is 5.92 Å². The normalized spacial score (nSPS) is 24.8. The van der Waals surface area contributed by atoms with Crippen LogP contribution in [0.25, 0.3) is 0 Å². The summed E-state index contributed by atoms with van der Waals surface area (Å²) in [6.45, 7) is 8.34. The number of carbonyl (C=O) groups is 1. The van der Waals surface area contributed by atoms with Crippen molar-refractivity contribution in [2.75, 3.05) is 20.8 Å². The van der Waals surface area contributed by atoms with Crippen LogP contribution in [0.4, 0.5) is 0 Å². The van der Waals surface area contributed by atoms with Crippen LogP contribution in [0.3, 0.4) is 0 Å². The molecule has 1 aliphatic heterocycles. The maximum atomic E-state index is 11.8. The molecule has 2 unspecified atom stereocenters. The fourth-order valence-corrected chi connectivity index (χ4v) is 2.35. The number of carbonyl (C=O) groups excluding carboxylic acids is 1. The Morgan fingerprint density at radius 2 is 2.24 bits per heavy atom. The molecule has 96 valence electrons. The second-order valence-corrected chi connectivity index (χ2v) is 4.26. The molecule has 0 bridgehead atoms. The van der Waals surface area contributed by atoms with Gasteiger partial charge in [-0.1, -0.05) is 13.0 Å². The van der Waals surface area contributed by atoms with Crippen LogP contribution in [0.1, 0.15) is 20.3 Å². The second kappa shape index (κ2) is 5.87. The van der Waals surface area contributed by atoms with Crippen LogP contribution in [0.15, 0.2) is 23.9 Å². The van der Waals surface area contributed by atoms with Crippen LogP contribution in [0.2, 0.25) is 0 Å². The van der Waals surface area contributed by atoms with E-state index >= 15 is 0 Å². The largest absolute Gasteiger partial charge is 0.466 e. The highest BCUT2D eigenvalue weighted by Crippen LogP contribution is 2.32. The molecule has 4 heteroatoms. The maximum Gasteiger partial charge on any atom is 0.335 e. The first-order valence-corrected chi connectivity index (χ1v) is 5.76. The van der Waals surface area contributed by atoms with E-state index in [1.165, 1.54) is 7.11 Å². The zero-order chi connectivity index (χ0) is 13.0. The number of nitrogens with zero attached hydrogens (tertiary/aromatic N) is 1. The summed E-state index contributed by atoms with van der Waals surface area (Å²) < 4.78 is 10.3. The first-order valence-electron chi connectivity index (χ1n) is 5.76. The molecular weight excluding hydrogens is 218 g/mol. The van der Waals surface area contributed by atoms with Crippen molar-refractivity contribution in [2.24, 2.45) is 5.92 Å². The van der Waals surface area contributed by atoms with E-state index in [2.05, 4.69) is 6.58 Å². The van der Waals surface area contributed by atoms with Crippen LogP contribution in [-0.4, -0.2) is 37.9 Å². The van der Waals surface area contributed by atoms with Gasteiger partial charge in [0.15, 0.2) is 0 Å². The smallest absolute Gasteiger partial charge is 0.335 e. The highest BCUT2D eigenvalue weighted by molar-refractivity contribution is 5.89. The molecule has 0 aromatic heterocycles. The molecule has 0 aliphatic carbocycles. The van der Waals surface area contributed by atoms with Gasteiger partial charge in [0.1, 0.15) is 6.23 Å². The molecule has 1 heterocycles. The SMILES string of the molecule is C=CCN1C(C)=C(C(=O)OC)C(C)CC1OC. The number of hydrogen-bond donors (Lipinski definition) is 0. The van der Waals surface area contributed by atoms with Gasteiger partial charge in [0.2, 0.25) is 0 Å². The molecule has 17 heavy (non-hydrogen) atoms. The molecule has 2 atom stereocenters. The Bertz CT molecular complexity index is 336. The second-order valence-electron chi connectivity index (χ2n) is 4.26. The minimum absolute atomic E-state index is 0.00333. The number of allylic oxidation sites excluding steroid dienone is 1. The summed E-state index contributed by atoms with van der Waals surface area (Å²) in [7, 11) is 3.10. The molecule has 0 aromatic carbocycles. The van der Waals surface area contributed by atoms with Crippen molar-refractivity contribution in [3.63, 3.8) is 0 Å². The number of ether oxygens (including phenoxy) is 2. The van der Waals surface area contributed by atoms with Gasteiger partial charge in [-0.25, -0.2) is 4.79 Å². The standard InChI is InChI=1S/C13H21NO3/c1-6-7-14-10(3)12(13(15)17-5)9(2)8-11(14)16-4/h6,9,11H,1,7-8H2,2-5H3. The highest BCUT2D eigenvalue weighted by Gasteiger charge is 2.33. The van der Waals surface area contributed by atoms with E-state index in [0.29, 0.717) is 6.54 Å². The summed E-state index contributed by atoms with van der Waals surface area (Å²) in [4.78, 5) is 13.8. The van der Waals surface area contributed by atoms with Crippen LogP contribution < -0.4 is 0 Å². The predicted molar refractivity (Wildman–Crippen MR) is 66.2 cm³/mol. The fourth-order valence-electron chi connectivity index (χ4n) is 2.35.